The Morgan fingerprint density at radius 3 is 2.76 bits per heavy atom. The van der Waals surface area contributed by atoms with Crippen LogP contribution in [0, 0.1) is 17.7 Å². The van der Waals surface area contributed by atoms with E-state index in [2.05, 4.69) is 20.5 Å². The number of hydrogen-bond donors (Lipinski definition) is 3. The number of carbonyl (C=O) groups excluding carboxylic acids is 1. The van der Waals surface area contributed by atoms with Crippen molar-refractivity contribution in [2.45, 2.75) is 51.0 Å². The van der Waals surface area contributed by atoms with Gasteiger partial charge in [-0.3, -0.25) is 0 Å². The number of piperidine rings is 1. The first-order valence-electron chi connectivity index (χ1n) is 12.7. The summed E-state index contributed by atoms with van der Waals surface area (Å²) in [5.41, 5.74) is 3.11. The maximum absolute atomic E-state index is 13.2. The van der Waals surface area contributed by atoms with Gasteiger partial charge in [0.25, 0.3) is 0 Å². The van der Waals surface area contributed by atoms with Crippen molar-refractivity contribution in [3.8, 4) is 0 Å². The van der Waals surface area contributed by atoms with E-state index >= 15 is 0 Å². The van der Waals surface area contributed by atoms with E-state index in [1.807, 2.05) is 42.6 Å². The number of likely N-dealkylation sites (tertiary alicyclic amines) is 1. The molecule has 1 saturated carbocycles. The molecule has 6 heteroatoms. The van der Waals surface area contributed by atoms with E-state index in [9.17, 15) is 9.18 Å². The summed E-state index contributed by atoms with van der Waals surface area (Å²) in [6.07, 6.45) is 9.97. The van der Waals surface area contributed by atoms with Crippen molar-refractivity contribution in [2.24, 2.45) is 11.8 Å². The smallest absolute Gasteiger partial charge is 0.319 e. The Hall–Kier alpha value is -2.86. The molecule has 2 aliphatic rings. The summed E-state index contributed by atoms with van der Waals surface area (Å²) in [6.45, 7) is 3.26. The molecule has 5 rings (SSSR count). The molecule has 2 amide bonds. The van der Waals surface area contributed by atoms with Crippen molar-refractivity contribution < 1.29 is 9.18 Å². The van der Waals surface area contributed by atoms with Crippen molar-refractivity contribution in [1.82, 2.24) is 15.2 Å². The van der Waals surface area contributed by atoms with Gasteiger partial charge in [-0.15, -0.1) is 0 Å². The first-order valence-corrected chi connectivity index (χ1v) is 12.7. The molecule has 34 heavy (non-hydrogen) atoms. The molecule has 0 unspecified atom stereocenters. The number of carbonyl (C=O) groups is 1. The number of aromatic nitrogens is 1. The Morgan fingerprint density at radius 1 is 1.03 bits per heavy atom. The number of aromatic amines is 1. The van der Waals surface area contributed by atoms with Gasteiger partial charge in [0.1, 0.15) is 5.82 Å². The molecule has 5 nitrogen and oxygen atoms in total. The molecule has 0 bridgehead atoms. The predicted molar refractivity (Wildman–Crippen MR) is 135 cm³/mol. The number of hydrogen-bond acceptors (Lipinski definition) is 2. The Bertz CT molecular complexity index is 1100. The second kappa shape index (κ2) is 10.6. The Morgan fingerprint density at radius 2 is 1.88 bits per heavy atom. The van der Waals surface area contributed by atoms with Crippen LogP contribution >= 0.6 is 0 Å². The zero-order valence-corrected chi connectivity index (χ0v) is 19.7. The second-order valence-corrected chi connectivity index (χ2v) is 10.1. The summed E-state index contributed by atoms with van der Waals surface area (Å²) in [4.78, 5) is 18.6. The zero-order valence-electron chi connectivity index (χ0n) is 19.7. The van der Waals surface area contributed by atoms with E-state index in [4.69, 9.17) is 0 Å². The third-order valence-corrected chi connectivity index (χ3v) is 7.57. The minimum Gasteiger partial charge on any atom is -0.361 e. The topological polar surface area (TPSA) is 60.2 Å². The van der Waals surface area contributed by atoms with Crippen molar-refractivity contribution in [2.75, 3.05) is 25.0 Å². The molecule has 2 aromatic carbocycles. The van der Waals surface area contributed by atoms with Crippen LogP contribution in [0.25, 0.3) is 10.9 Å². The molecule has 1 aliphatic heterocycles. The third-order valence-electron chi connectivity index (χ3n) is 7.57. The molecular formula is C28H35FN4O. The number of amides is 2. The maximum atomic E-state index is 13.2. The van der Waals surface area contributed by atoms with Crippen LogP contribution in [0.3, 0.4) is 0 Å². The minimum atomic E-state index is -0.168. The summed E-state index contributed by atoms with van der Waals surface area (Å²) < 4.78 is 13.2. The van der Waals surface area contributed by atoms with Crippen LogP contribution < -0.4 is 10.6 Å². The first-order chi connectivity index (χ1) is 16.6. The lowest BCUT2D eigenvalue weighted by Gasteiger charge is -2.39. The van der Waals surface area contributed by atoms with Crippen LogP contribution in [0.4, 0.5) is 14.9 Å². The number of fused-ring (bicyclic) bond motifs is 1. The number of rotatable bonds is 6. The average Bonchev–Trinajstić information content (AvgIpc) is 3.30. The summed E-state index contributed by atoms with van der Waals surface area (Å²) in [5.74, 6) is 0.927. The fraction of sp³-hybridized carbons (Fsp3) is 0.464. The monoisotopic (exact) mass is 462 g/mol. The summed E-state index contributed by atoms with van der Waals surface area (Å²) in [5, 5.41) is 7.41. The molecule has 180 valence electrons. The van der Waals surface area contributed by atoms with Gasteiger partial charge in [0.05, 0.1) is 0 Å². The van der Waals surface area contributed by atoms with Crippen LogP contribution in [0.5, 0.6) is 0 Å². The number of nitrogens with zero attached hydrogens (tertiary/aromatic N) is 1. The quantitative estimate of drug-likeness (QED) is 0.424. The molecule has 3 aromatic rings. The molecule has 1 saturated heterocycles. The highest BCUT2D eigenvalue weighted by Crippen LogP contribution is 2.28. The lowest BCUT2D eigenvalue weighted by molar-refractivity contribution is 0.123. The highest BCUT2D eigenvalue weighted by Gasteiger charge is 2.30. The van der Waals surface area contributed by atoms with Gasteiger partial charge in [0.15, 0.2) is 0 Å². The molecular weight excluding hydrogens is 427 g/mol. The Balaban J connectivity index is 1.15. The molecule has 3 N–H and O–H groups in total. The average molecular weight is 463 g/mol. The van der Waals surface area contributed by atoms with Crippen LogP contribution in [-0.4, -0.2) is 41.6 Å². The number of anilines is 1. The van der Waals surface area contributed by atoms with Gasteiger partial charge in [-0.25, -0.2) is 9.18 Å². The molecule has 1 aromatic heterocycles. The normalized spacial score (nSPS) is 23.6. The SMILES string of the molecule is O=C(Nc1ccc2[nH]ccc2c1)N[C@@H]1CCCC[C@H]1CN1CCC[C@@H](Cc2ccc(F)cc2)C1. The van der Waals surface area contributed by atoms with E-state index in [1.165, 1.54) is 37.7 Å². The van der Waals surface area contributed by atoms with Gasteiger partial charge < -0.3 is 20.5 Å². The summed E-state index contributed by atoms with van der Waals surface area (Å²) >= 11 is 0. The van der Waals surface area contributed by atoms with Crippen LogP contribution in [0.1, 0.15) is 44.1 Å². The lowest BCUT2D eigenvalue weighted by Crippen LogP contribution is -2.49. The molecule has 2 heterocycles. The van der Waals surface area contributed by atoms with Crippen molar-refractivity contribution >= 4 is 22.6 Å². The van der Waals surface area contributed by atoms with Crippen LogP contribution in [0.15, 0.2) is 54.7 Å². The van der Waals surface area contributed by atoms with Gasteiger partial charge in [0.2, 0.25) is 0 Å². The van der Waals surface area contributed by atoms with Crippen molar-refractivity contribution in [1.29, 1.82) is 0 Å². The molecule has 2 fully saturated rings. The standard InChI is InChI=1S/C28H35FN4O/c29-24-9-7-20(8-10-24)16-21-4-3-15-33(18-21)19-23-5-1-2-6-27(23)32-28(34)31-25-11-12-26-22(17-25)13-14-30-26/h7-14,17,21,23,27,30H,1-6,15-16,18-19H2,(H2,31,32,34)/t21-,23-,27+/m0/s1. The van der Waals surface area contributed by atoms with E-state index in [0.717, 1.165) is 49.1 Å². The fourth-order valence-corrected chi connectivity index (χ4v) is 5.85. The van der Waals surface area contributed by atoms with Crippen LogP contribution in [-0.2, 0) is 6.42 Å². The van der Waals surface area contributed by atoms with E-state index in [1.54, 1.807) is 12.1 Å². The van der Waals surface area contributed by atoms with Gasteiger partial charge in [-0.05, 0) is 92.4 Å². The minimum absolute atomic E-state index is 0.111. The first kappa shape index (κ1) is 22.9. The predicted octanol–water partition coefficient (Wildman–Crippen LogP) is 5.94. The number of nitrogens with one attached hydrogen (secondary N) is 3. The second-order valence-electron chi connectivity index (χ2n) is 10.1. The fourth-order valence-electron chi connectivity index (χ4n) is 5.85. The maximum Gasteiger partial charge on any atom is 0.319 e. The van der Waals surface area contributed by atoms with E-state index < -0.39 is 0 Å². The third kappa shape index (κ3) is 5.79. The largest absolute Gasteiger partial charge is 0.361 e. The van der Waals surface area contributed by atoms with Crippen molar-refractivity contribution in [3.05, 3.63) is 66.1 Å². The van der Waals surface area contributed by atoms with Gasteiger partial charge in [-0.1, -0.05) is 25.0 Å². The van der Waals surface area contributed by atoms with Gasteiger partial charge in [-0.2, -0.15) is 0 Å². The summed E-state index contributed by atoms with van der Waals surface area (Å²) in [7, 11) is 0. The molecule has 0 spiro atoms. The van der Waals surface area contributed by atoms with E-state index in [-0.39, 0.29) is 17.9 Å². The highest BCUT2D eigenvalue weighted by molar-refractivity contribution is 5.92. The molecule has 1 aliphatic carbocycles. The Kier molecular flexibility index (Phi) is 7.14. The lowest BCUT2D eigenvalue weighted by atomic mass is 9.83. The van der Waals surface area contributed by atoms with Crippen LogP contribution in [0.2, 0.25) is 0 Å². The van der Waals surface area contributed by atoms with Gasteiger partial charge >= 0.3 is 6.03 Å². The van der Waals surface area contributed by atoms with E-state index in [0.29, 0.717) is 11.8 Å². The Labute approximate surface area is 201 Å². The van der Waals surface area contributed by atoms with Crippen molar-refractivity contribution in [3.63, 3.8) is 0 Å². The number of urea groups is 1. The number of benzene rings is 2. The zero-order chi connectivity index (χ0) is 23.3. The highest BCUT2D eigenvalue weighted by atomic mass is 19.1. The number of halogens is 1. The van der Waals surface area contributed by atoms with Gasteiger partial charge in [0, 0.05) is 41.9 Å². The molecule has 3 atom stereocenters. The summed E-state index contributed by atoms with van der Waals surface area (Å²) in [6, 6.07) is 15.0. The number of H-pyrrole nitrogens is 1. The molecule has 0 radical (unpaired) electrons.